The number of hydrogen-bond acceptors (Lipinski definition) is 7. The number of amides is 2. The molecule has 1 fully saturated rings. The van der Waals surface area contributed by atoms with Crippen molar-refractivity contribution < 1.29 is 32.2 Å². The minimum atomic E-state index is -3.79. The fraction of sp³-hybridized carbons (Fsp3) is 0.304. The second kappa shape index (κ2) is 9.74. The van der Waals surface area contributed by atoms with Crippen LogP contribution in [0.4, 0.5) is 5.69 Å². The highest BCUT2D eigenvalue weighted by molar-refractivity contribution is 7.89. The van der Waals surface area contributed by atoms with Gasteiger partial charge in [0.1, 0.15) is 5.75 Å². The van der Waals surface area contributed by atoms with Crippen molar-refractivity contribution in [2.24, 2.45) is 0 Å². The van der Waals surface area contributed by atoms with Crippen molar-refractivity contribution in [1.82, 2.24) is 9.21 Å². The van der Waals surface area contributed by atoms with Gasteiger partial charge in [-0.05, 0) is 42.0 Å². The van der Waals surface area contributed by atoms with Gasteiger partial charge in [0.25, 0.3) is 5.91 Å². The molecule has 180 valence electrons. The predicted octanol–water partition coefficient (Wildman–Crippen LogP) is 1.58. The fourth-order valence-electron chi connectivity index (χ4n) is 3.75. The lowest BCUT2D eigenvalue weighted by Crippen LogP contribution is -2.50. The predicted molar refractivity (Wildman–Crippen MR) is 124 cm³/mol. The molecular formula is C23H25N3O7S. The number of rotatable bonds is 6. The summed E-state index contributed by atoms with van der Waals surface area (Å²) in [5, 5.41) is 2.62. The van der Waals surface area contributed by atoms with Gasteiger partial charge in [-0.15, -0.1) is 0 Å². The minimum absolute atomic E-state index is 0.0603. The van der Waals surface area contributed by atoms with Crippen LogP contribution in [0, 0.1) is 0 Å². The van der Waals surface area contributed by atoms with Crippen LogP contribution in [0.2, 0.25) is 0 Å². The first kappa shape index (κ1) is 23.6. The van der Waals surface area contributed by atoms with E-state index in [2.05, 4.69) is 5.32 Å². The molecule has 0 radical (unpaired) electrons. The van der Waals surface area contributed by atoms with E-state index in [1.165, 1.54) is 35.7 Å². The number of piperazine rings is 1. The van der Waals surface area contributed by atoms with E-state index in [4.69, 9.17) is 14.2 Å². The molecule has 11 heteroatoms. The van der Waals surface area contributed by atoms with Crippen LogP contribution in [0.3, 0.4) is 0 Å². The maximum absolute atomic E-state index is 13.1. The van der Waals surface area contributed by atoms with Gasteiger partial charge in [-0.3, -0.25) is 9.59 Å². The van der Waals surface area contributed by atoms with E-state index in [-0.39, 0.29) is 49.5 Å². The molecule has 0 saturated carbocycles. The summed E-state index contributed by atoms with van der Waals surface area (Å²) in [7, 11) is -0.697. The third-order valence-corrected chi connectivity index (χ3v) is 7.49. The van der Waals surface area contributed by atoms with Gasteiger partial charge in [-0.2, -0.15) is 4.31 Å². The molecule has 2 aliphatic heterocycles. The van der Waals surface area contributed by atoms with E-state index in [0.29, 0.717) is 22.9 Å². The molecule has 0 bridgehead atoms. The first-order chi connectivity index (χ1) is 16.3. The molecule has 2 aromatic carbocycles. The zero-order valence-electron chi connectivity index (χ0n) is 18.8. The van der Waals surface area contributed by atoms with E-state index >= 15 is 0 Å². The average molecular weight is 488 g/mol. The molecule has 2 heterocycles. The van der Waals surface area contributed by atoms with Crippen LogP contribution in [0.5, 0.6) is 17.2 Å². The van der Waals surface area contributed by atoms with E-state index < -0.39 is 10.0 Å². The molecule has 2 aliphatic rings. The third kappa shape index (κ3) is 4.85. The molecular weight excluding hydrogens is 462 g/mol. The molecule has 0 aliphatic carbocycles. The van der Waals surface area contributed by atoms with Gasteiger partial charge in [0.2, 0.25) is 15.9 Å². The Hall–Kier alpha value is -3.57. The molecule has 34 heavy (non-hydrogen) atoms. The second-order valence-electron chi connectivity index (χ2n) is 7.67. The van der Waals surface area contributed by atoms with Crippen molar-refractivity contribution >= 4 is 33.6 Å². The molecule has 0 spiro atoms. The van der Waals surface area contributed by atoms with Crippen molar-refractivity contribution in [1.29, 1.82) is 0 Å². The Morgan fingerprint density at radius 3 is 2.47 bits per heavy atom. The van der Waals surface area contributed by atoms with Crippen LogP contribution in [0.15, 0.2) is 47.4 Å². The number of fused-ring (bicyclic) bond motifs is 1. The van der Waals surface area contributed by atoms with Gasteiger partial charge in [0.15, 0.2) is 18.1 Å². The number of carbonyl (C=O) groups is 2. The molecule has 0 unspecified atom stereocenters. The number of nitrogens with zero attached hydrogens (tertiary/aromatic N) is 2. The Labute approximate surface area is 197 Å². The topological polar surface area (TPSA) is 114 Å². The van der Waals surface area contributed by atoms with Crippen molar-refractivity contribution in [3.8, 4) is 17.2 Å². The van der Waals surface area contributed by atoms with E-state index in [1.807, 2.05) is 6.07 Å². The van der Waals surface area contributed by atoms with Crippen LogP contribution < -0.4 is 19.5 Å². The summed E-state index contributed by atoms with van der Waals surface area (Å²) in [4.78, 5) is 25.8. The van der Waals surface area contributed by atoms with Gasteiger partial charge < -0.3 is 24.4 Å². The summed E-state index contributed by atoms with van der Waals surface area (Å²) in [6.45, 7) is 0.754. The summed E-state index contributed by atoms with van der Waals surface area (Å²) in [5.41, 5.74) is 1.10. The maximum Gasteiger partial charge on any atom is 0.262 e. The standard InChI is InChI=1S/C23H25N3O7S/c1-31-20-6-3-16(13-21(20)32-2)4-8-23(28)25-9-11-26(12-10-25)34(29,30)17-5-7-19-18(14-17)24-22(27)15-33-19/h3-8,13-14H,9-12,15H2,1-2H3,(H,24,27). The van der Waals surface area contributed by atoms with Crippen LogP contribution in [-0.4, -0.2) is 76.4 Å². The first-order valence-corrected chi connectivity index (χ1v) is 12.0. The smallest absolute Gasteiger partial charge is 0.262 e. The van der Waals surface area contributed by atoms with Crippen LogP contribution in [0.1, 0.15) is 5.56 Å². The maximum atomic E-state index is 13.1. The summed E-state index contributed by atoms with van der Waals surface area (Å²) in [5.74, 6) is 1.03. The Balaban J connectivity index is 1.39. The summed E-state index contributed by atoms with van der Waals surface area (Å²) in [6.07, 6.45) is 3.13. The SMILES string of the molecule is COc1ccc(C=CC(=O)N2CCN(S(=O)(=O)c3ccc4c(c3)NC(=O)CO4)CC2)cc1OC. The third-order valence-electron chi connectivity index (χ3n) is 5.60. The number of hydrogen-bond donors (Lipinski definition) is 1. The molecule has 10 nitrogen and oxygen atoms in total. The molecule has 0 aromatic heterocycles. The number of nitrogens with one attached hydrogen (secondary N) is 1. The van der Waals surface area contributed by atoms with Crippen molar-refractivity contribution in [3.63, 3.8) is 0 Å². The number of benzene rings is 2. The summed E-state index contributed by atoms with van der Waals surface area (Å²) >= 11 is 0. The largest absolute Gasteiger partial charge is 0.493 e. The zero-order chi connectivity index (χ0) is 24.3. The van der Waals surface area contributed by atoms with Crippen LogP contribution >= 0.6 is 0 Å². The average Bonchev–Trinajstić information content (AvgIpc) is 2.86. The van der Waals surface area contributed by atoms with Gasteiger partial charge in [0, 0.05) is 32.3 Å². The second-order valence-corrected chi connectivity index (χ2v) is 9.61. The quantitative estimate of drug-likeness (QED) is 0.616. The number of ether oxygens (including phenoxy) is 3. The van der Waals surface area contributed by atoms with Crippen molar-refractivity contribution in [3.05, 3.63) is 48.0 Å². The Kier molecular flexibility index (Phi) is 6.75. The lowest BCUT2D eigenvalue weighted by molar-refractivity contribution is -0.127. The number of methoxy groups -OCH3 is 2. The highest BCUT2D eigenvalue weighted by Gasteiger charge is 2.30. The lowest BCUT2D eigenvalue weighted by Gasteiger charge is -2.33. The highest BCUT2D eigenvalue weighted by Crippen LogP contribution is 2.31. The van der Waals surface area contributed by atoms with E-state index in [1.54, 1.807) is 30.2 Å². The van der Waals surface area contributed by atoms with Gasteiger partial charge in [-0.25, -0.2) is 8.42 Å². The summed E-state index contributed by atoms with van der Waals surface area (Å²) < 4.78 is 43.3. The first-order valence-electron chi connectivity index (χ1n) is 10.6. The van der Waals surface area contributed by atoms with Crippen LogP contribution in [-0.2, 0) is 19.6 Å². The van der Waals surface area contributed by atoms with Crippen molar-refractivity contribution in [2.75, 3.05) is 52.3 Å². The van der Waals surface area contributed by atoms with Gasteiger partial charge >= 0.3 is 0 Å². The molecule has 1 N–H and O–H groups in total. The molecule has 1 saturated heterocycles. The van der Waals surface area contributed by atoms with Gasteiger partial charge in [0.05, 0.1) is 24.8 Å². The van der Waals surface area contributed by atoms with Gasteiger partial charge in [-0.1, -0.05) is 6.07 Å². The van der Waals surface area contributed by atoms with Crippen LogP contribution in [0.25, 0.3) is 6.08 Å². The normalized spacial score (nSPS) is 16.5. The molecule has 0 atom stereocenters. The Morgan fingerprint density at radius 2 is 1.76 bits per heavy atom. The Bertz CT molecular complexity index is 1240. The Morgan fingerprint density at radius 1 is 1.03 bits per heavy atom. The molecule has 2 amide bonds. The lowest BCUT2D eigenvalue weighted by atomic mass is 10.2. The van der Waals surface area contributed by atoms with Crippen molar-refractivity contribution in [2.45, 2.75) is 4.90 Å². The fourth-order valence-corrected chi connectivity index (χ4v) is 5.20. The highest BCUT2D eigenvalue weighted by atomic mass is 32.2. The number of carbonyl (C=O) groups excluding carboxylic acids is 2. The number of sulfonamides is 1. The monoisotopic (exact) mass is 487 g/mol. The molecule has 4 rings (SSSR count). The van der Waals surface area contributed by atoms with E-state index in [9.17, 15) is 18.0 Å². The van der Waals surface area contributed by atoms with E-state index in [0.717, 1.165) is 5.56 Å². The summed E-state index contributed by atoms with van der Waals surface area (Å²) in [6, 6.07) is 9.70. The number of anilines is 1. The minimum Gasteiger partial charge on any atom is -0.493 e. The molecule has 2 aromatic rings. The zero-order valence-corrected chi connectivity index (χ0v) is 19.6.